The molecule has 1 heterocycles. The second-order valence-electron chi connectivity index (χ2n) is 8.23. The molecule has 126 valence electrons. The van der Waals surface area contributed by atoms with E-state index >= 15 is 0 Å². The molecule has 2 aliphatic rings. The molecule has 1 aromatic rings. The van der Waals surface area contributed by atoms with Gasteiger partial charge < -0.3 is 11.1 Å². The third-order valence-electron chi connectivity index (χ3n) is 5.37. The van der Waals surface area contributed by atoms with E-state index in [1.807, 2.05) is 0 Å². The number of nitrogens with zero attached hydrogens (tertiary/aromatic N) is 2. The van der Waals surface area contributed by atoms with Gasteiger partial charge in [-0.2, -0.15) is 0 Å². The standard InChI is InChI=1S/C18H28N4O/c1-18(2,3)17-20-9-14(10-21-17)22-16(23)13-7-11-5-4-6-12(8-13)15(11)19/h9-13,15H,4-8,19H2,1-3H3,(H,22,23). The van der Waals surface area contributed by atoms with Crippen molar-refractivity contribution in [3.8, 4) is 0 Å². The molecule has 0 saturated heterocycles. The molecule has 1 aromatic heterocycles. The number of carbonyl (C=O) groups excluding carboxylic acids is 1. The molecule has 3 N–H and O–H groups in total. The molecule has 2 fully saturated rings. The first kappa shape index (κ1) is 16.4. The largest absolute Gasteiger partial charge is 0.327 e. The molecule has 5 heteroatoms. The number of hydrogen-bond donors (Lipinski definition) is 2. The van der Waals surface area contributed by atoms with Crippen LogP contribution in [0.15, 0.2) is 12.4 Å². The molecule has 2 saturated carbocycles. The van der Waals surface area contributed by atoms with Gasteiger partial charge in [0.15, 0.2) is 0 Å². The van der Waals surface area contributed by atoms with Crippen molar-refractivity contribution in [1.29, 1.82) is 0 Å². The van der Waals surface area contributed by atoms with E-state index in [4.69, 9.17) is 5.73 Å². The van der Waals surface area contributed by atoms with Crippen molar-refractivity contribution >= 4 is 11.6 Å². The normalized spacial score (nSPS) is 30.8. The number of carbonyl (C=O) groups is 1. The Bertz CT molecular complexity index is 549. The summed E-state index contributed by atoms with van der Waals surface area (Å²) < 4.78 is 0. The molecule has 2 atom stereocenters. The van der Waals surface area contributed by atoms with Crippen LogP contribution in [-0.4, -0.2) is 21.9 Å². The van der Waals surface area contributed by atoms with Crippen molar-refractivity contribution in [2.75, 3.05) is 5.32 Å². The number of nitrogens with one attached hydrogen (secondary N) is 1. The van der Waals surface area contributed by atoms with Crippen molar-refractivity contribution in [2.24, 2.45) is 23.5 Å². The first-order chi connectivity index (χ1) is 10.8. The summed E-state index contributed by atoms with van der Waals surface area (Å²) >= 11 is 0. The van der Waals surface area contributed by atoms with Gasteiger partial charge in [-0.25, -0.2) is 9.97 Å². The van der Waals surface area contributed by atoms with Crippen LogP contribution >= 0.6 is 0 Å². The zero-order valence-corrected chi connectivity index (χ0v) is 14.4. The van der Waals surface area contributed by atoms with Crippen molar-refractivity contribution in [3.63, 3.8) is 0 Å². The average Bonchev–Trinajstić information content (AvgIpc) is 2.46. The Morgan fingerprint density at radius 3 is 2.26 bits per heavy atom. The fourth-order valence-corrected chi connectivity index (χ4v) is 4.03. The molecule has 2 aliphatic carbocycles. The van der Waals surface area contributed by atoms with E-state index in [9.17, 15) is 4.79 Å². The summed E-state index contributed by atoms with van der Waals surface area (Å²) in [5, 5.41) is 2.99. The molecule has 0 radical (unpaired) electrons. The van der Waals surface area contributed by atoms with Crippen molar-refractivity contribution in [1.82, 2.24) is 9.97 Å². The lowest BCUT2D eigenvalue weighted by Crippen LogP contribution is -2.48. The predicted molar refractivity (Wildman–Crippen MR) is 90.9 cm³/mol. The van der Waals surface area contributed by atoms with Crippen LogP contribution in [0.2, 0.25) is 0 Å². The SMILES string of the molecule is CC(C)(C)c1ncc(NC(=O)C2CC3CCCC(C2)C3N)cn1. The maximum absolute atomic E-state index is 12.6. The highest BCUT2D eigenvalue weighted by atomic mass is 16.1. The highest BCUT2D eigenvalue weighted by molar-refractivity contribution is 5.92. The summed E-state index contributed by atoms with van der Waals surface area (Å²) in [6, 6.07) is 0.294. The molecule has 2 bridgehead atoms. The van der Waals surface area contributed by atoms with Crippen molar-refractivity contribution in [2.45, 2.75) is 64.3 Å². The second-order valence-corrected chi connectivity index (χ2v) is 8.23. The highest BCUT2D eigenvalue weighted by Gasteiger charge is 2.40. The molecule has 0 spiro atoms. The minimum atomic E-state index is -0.0838. The number of amides is 1. The molecule has 2 unspecified atom stereocenters. The summed E-state index contributed by atoms with van der Waals surface area (Å²) in [6.07, 6.45) is 8.87. The Morgan fingerprint density at radius 1 is 1.17 bits per heavy atom. The highest BCUT2D eigenvalue weighted by Crippen LogP contribution is 2.42. The van der Waals surface area contributed by atoms with E-state index in [-0.39, 0.29) is 17.2 Å². The van der Waals surface area contributed by atoms with E-state index in [1.54, 1.807) is 12.4 Å². The number of nitrogens with two attached hydrogens (primary N) is 1. The third kappa shape index (κ3) is 3.55. The van der Waals surface area contributed by atoms with Crippen molar-refractivity contribution < 1.29 is 4.79 Å². The van der Waals surface area contributed by atoms with Gasteiger partial charge in [-0.3, -0.25) is 4.79 Å². The molecular formula is C18H28N4O. The van der Waals surface area contributed by atoms with Gasteiger partial charge in [0.1, 0.15) is 5.82 Å². The second kappa shape index (κ2) is 6.19. The van der Waals surface area contributed by atoms with Crippen LogP contribution in [0, 0.1) is 17.8 Å². The molecule has 3 rings (SSSR count). The minimum absolute atomic E-state index is 0.0763. The zero-order chi connectivity index (χ0) is 16.6. The van der Waals surface area contributed by atoms with Crippen LogP contribution in [0.1, 0.15) is 58.7 Å². The van der Waals surface area contributed by atoms with Gasteiger partial charge in [-0.15, -0.1) is 0 Å². The summed E-state index contributed by atoms with van der Waals surface area (Å²) in [5.74, 6) is 1.98. The van der Waals surface area contributed by atoms with Gasteiger partial charge >= 0.3 is 0 Å². The number of fused-ring (bicyclic) bond motifs is 2. The van der Waals surface area contributed by atoms with E-state index < -0.39 is 0 Å². The number of hydrogen-bond acceptors (Lipinski definition) is 4. The van der Waals surface area contributed by atoms with Gasteiger partial charge in [-0.1, -0.05) is 27.2 Å². The van der Waals surface area contributed by atoms with Gasteiger partial charge in [0.2, 0.25) is 5.91 Å². The van der Waals surface area contributed by atoms with Crippen LogP contribution in [0.25, 0.3) is 0 Å². The minimum Gasteiger partial charge on any atom is -0.327 e. The van der Waals surface area contributed by atoms with Crippen molar-refractivity contribution in [3.05, 3.63) is 18.2 Å². The Hall–Kier alpha value is -1.49. The predicted octanol–water partition coefficient (Wildman–Crippen LogP) is 2.87. The molecule has 0 aromatic carbocycles. The van der Waals surface area contributed by atoms with E-state index in [2.05, 4.69) is 36.1 Å². The average molecular weight is 316 g/mol. The number of anilines is 1. The Balaban J connectivity index is 1.63. The van der Waals surface area contributed by atoms with E-state index in [0.29, 0.717) is 23.6 Å². The van der Waals surface area contributed by atoms with E-state index in [1.165, 1.54) is 19.3 Å². The molecule has 0 aliphatic heterocycles. The molecule has 5 nitrogen and oxygen atoms in total. The van der Waals surface area contributed by atoms with Gasteiger partial charge in [0.25, 0.3) is 0 Å². The lowest BCUT2D eigenvalue weighted by molar-refractivity contribution is -0.122. The van der Waals surface area contributed by atoms with Crippen LogP contribution < -0.4 is 11.1 Å². The molecular weight excluding hydrogens is 288 g/mol. The smallest absolute Gasteiger partial charge is 0.227 e. The fraction of sp³-hybridized carbons (Fsp3) is 0.722. The first-order valence-electron chi connectivity index (χ1n) is 8.73. The van der Waals surface area contributed by atoms with Gasteiger partial charge in [0, 0.05) is 17.4 Å². The number of aromatic nitrogens is 2. The maximum Gasteiger partial charge on any atom is 0.227 e. The molecule has 23 heavy (non-hydrogen) atoms. The summed E-state index contributed by atoms with van der Waals surface area (Å²) in [4.78, 5) is 21.3. The Labute approximate surface area is 138 Å². The zero-order valence-electron chi connectivity index (χ0n) is 14.4. The fourth-order valence-electron chi connectivity index (χ4n) is 4.03. The monoisotopic (exact) mass is 316 g/mol. The topological polar surface area (TPSA) is 80.9 Å². The summed E-state index contributed by atoms with van der Waals surface area (Å²) in [6.45, 7) is 6.22. The van der Waals surface area contributed by atoms with Crippen LogP contribution in [-0.2, 0) is 10.2 Å². The van der Waals surface area contributed by atoms with Crippen LogP contribution in [0.5, 0.6) is 0 Å². The summed E-state index contributed by atoms with van der Waals surface area (Å²) in [7, 11) is 0. The maximum atomic E-state index is 12.6. The van der Waals surface area contributed by atoms with E-state index in [0.717, 1.165) is 18.7 Å². The van der Waals surface area contributed by atoms with Crippen LogP contribution in [0.3, 0.4) is 0 Å². The molecule has 1 amide bonds. The number of rotatable bonds is 2. The lowest BCUT2D eigenvalue weighted by Gasteiger charge is -2.43. The first-order valence-corrected chi connectivity index (χ1v) is 8.73. The quantitative estimate of drug-likeness (QED) is 0.879. The van der Waals surface area contributed by atoms with Gasteiger partial charge in [-0.05, 0) is 37.5 Å². The Kier molecular flexibility index (Phi) is 4.41. The lowest BCUT2D eigenvalue weighted by atomic mass is 9.65. The van der Waals surface area contributed by atoms with Gasteiger partial charge in [0.05, 0.1) is 18.1 Å². The van der Waals surface area contributed by atoms with Crippen LogP contribution in [0.4, 0.5) is 5.69 Å². The third-order valence-corrected chi connectivity index (χ3v) is 5.37. The summed E-state index contributed by atoms with van der Waals surface area (Å²) in [5.41, 5.74) is 6.90. The Morgan fingerprint density at radius 2 is 1.74 bits per heavy atom.